The quantitative estimate of drug-likeness (QED) is 0.175. The maximum Gasteiger partial charge on any atom is 0.300 e. The lowest BCUT2D eigenvalue weighted by Crippen LogP contribution is -2.29. The molecule has 1 unspecified atom stereocenters. The minimum absolute atomic E-state index is 0.0275. The van der Waals surface area contributed by atoms with Crippen molar-refractivity contribution in [2.24, 2.45) is 5.92 Å². The van der Waals surface area contributed by atoms with Gasteiger partial charge in [0.25, 0.3) is 11.7 Å². The number of ketones is 1. The predicted molar refractivity (Wildman–Crippen MR) is 148 cm³/mol. The summed E-state index contributed by atoms with van der Waals surface area (Å²) in [5, 5.41) is 13.3. The molecule has 1 amide bonds. The van der Waals surface area contributed by atoms with Gasteiger partial charge in [0.15, 0.2) is 0 Å². The molecule has 192 valence electrons. The lowest BCUT2D eigenvalue weighted by atomic mass is 9.93. The Hall–Kier alpha value is -4.58. The third kappa shape index (κ3) is 4.61. The highest BCUT2D eigenvalue weighted by Crippen LogP contribution is 2.43. The number of aliphatic hydroxyl groups is 1. The van der Waals surface area contributed by atoms with Crippen LogP contribution in [0.3, 0.4) is 0 Å². The molecule has 0 bridgehead atoms. The number of methoxy groups -OCH3 is 1. The Morgan fingerprint density at radius 1 is 0.895 bits per heavy atom. The summed E-state index contributed by atoms with van der Waals surface area (Å²) in [5.41, 5.74) is 1.69. The molecule has 0 saturated carbocycles. The molecular weight excluding hydrogens is 478 g/mol. The van der Waals surface area contributed by atoms with Gasteiger partial charge in [0.2, 0.25) is 0 Å². The van der Waals surface area contributed by atoms with Crippen molar-refractivity contribution in [1.29, 1.82) is 0 Å². The van der Waals surface area contributed by atoms with E-state index in [9.17, 15) is 14.7 Å². The molecule has 38 heavy (non-hydrogen) atoms. The molecule has 1 aliphatic rings. The van der Waals surface area contributed by atoms with E-state index in [0.717, 1.165) is 10.8 Å². The van der Waals surface area contributed by atoms with Gasteiger partial charge in [-0.2, -0.15) is 0 Å². The van der Waals surface area contributed by atoms with E-state index in [0.29, 0.717) is 40.8 Å². The molecule has 1 fully saturated rings. The number of carbonyl (C=O) groups excluding carboxylic acids is 2. The number of amides is 1. The van der Waals surface area contributed by atoms with Crippen LogP contribution in [0.25, 0.3) is 16.5 Å². The second-order valence-electron chi connectivity index (χ2n) is 9.67. The van der Waals surface area contributed by atoms with Gasteiger partial charge >= 0.3 is 0 Å². The molecule has 1 aliphatic heterocycles. The van der Waals surface area contributed by atoms with Crippen LogP contribution in [0.2, 0.25) is 0 Å². The first-order valence-corrected chi connectivity index (χ1v) is 12.5. The number of ether oxygens (including phenoxy) is 2. The van der Waals surface area contributed by atoms with Gasteiger partial charge in [-0.05, 0) is 58.7 Å². The van der Waals surface area contributed by atoms with Crippen LogP contribution >= 0.6 is 0 Å². The fourth-order valence-electron chi connectivity index (χ4n) is 4.77. The van der Waals surface area contributed by atoms with Gasteiger partial charge in [0.05, 0.1) is 25.3 Å². The van der Waals surface area contributed by atoms with Crippen LogP contribution in [0.4, 0.5) is 5.69 Å². The topological polar surface area (TPSA) is 76.1 Å². The summed E-state index contributed by atoms with van der Waals surface area (Å²) in [6.45, 7) is 4.70. The molecule has 0 spiro atoms. The van der Waals surface area contributed by atoms with Crippen LogP contribution in [0.15, 0.2) is 96.6 Å². The SMILES string of the molecule is COc1cccc(C2/C(=C(/O)c3cccc4ccccc34)C(=O)C(=O)N2c2ccc(OCC(C)C)cc2)c1. The number of nitrogens with zero attached hydrogens (tertiary/aromatic N) is 1. The van der Waals surface area contributed by atoms with Gasteiger partial charge in [-0.15, -0.1) is 0 Å². The maximum absolute atomic E-state index is 13.6. The van der Waals surface area contributed by atoms with Crippen LogP contribution in [0.1, 0.15) is 31.0 Å². The molecule has 4 aromatic carbocycles. The monoisotopic (exact) mass is 507 g/mol. The Bertz CT molecular complexity index is 1530. The fraction of sp³-hybridized carbons (Fsp3) is 0.188. The Balaban J connectivity index is 1.67. The number of hydrogen-bond acceptors (Lipinski definition) is 5. The fourth-order valence-corrected chi connectivity index (χ4v) is 4.77. The van der Waals surface area contributed by atoms with Crippen molar-refractivity contribution >= 4 is 33.9 Å². The van der Waals surface area contributed by atoms with E-state index in [2.05, 4.69) is 13.8 Å². The van der Waals surface area contributed by atoms with Gasteiger partial charge in [0, 0.05) is 11.3 Å². The van der Waals surface area contributed by atoms with Crippen molar-refractivity contribution in [3.63, 3.8) is 0 Å². The van der Waals surface area contributed by atoms with E-state index in [1.54, 1.807) is 55.6 Å². The highest BCUT2D eigenvalue weighted by molar-refractivity contribution is 6.51. The highest BCUT2D eigenvalue weighted by atomic mass is 16.5. The lowest BCUT2D eigenvalue weighted by molar-refractivity contribution is -0.132. The van der Waals surface area contributed by atoms with Crippen molar-refractivity contribution < 1.29 is 24.2 Å². The van der Waals surface area contributed by atoms with Gasteiger partial charge in [-0.3, -0.25) is 14.5 Å². The average Bonchev–Trinajstić information content (AvgIpc) is 3.21. The molecule has 0 aromatic heterocycles. The second kappa shape index (κ2) is 10.4. The van der Waals surface area contributed by atoms with E-state index in [4.69, 9.17) is 9.47 Å². The van der Waals surface area contributed by atoms with Crippen LogP contribution in [-0.4, -0.2) is 30.5 Å². The third-order valence-corrected chi connectivity index (χ3v) is 6.60. The van der Waals surface area contributed by atoms with Crippen LogP contribution < -0.4 is 14.4 Å². The average molecular weight is 508 g/mol. The summed E-state index contributed by atoms with van der Waals surface area (Å²) in [6, 6.07) is 26.5. The number of rotatable bonds is 7. The first-order valence-electron chi connectivity index (χ1n) is 12.5. The Kier molecular flexibility index (Phi) is 6.88. The molecule has 6 heteroatoms. The summed E-state index contributed by atoms with van der Waals surface area (Å²) in [5.74, 6) is -0.0516. The molecular formula is C32H29NO5. The van der Waals surface area contributed by atoms with Crippen molar-refractivity contribution in [1.82, 2.24) is 0 Å². The van der Waals surface area contributed by atoms with E-state index >= 15 is 0 Å². The van der Waals surface area contributed by atoms with Gasteiger partial charge < -0.3 is 14.6 Å². The second-order valence-corrected chi connectivity index (χ2v) is 9.67. The molecule has 1 saturated heterocycles. The van der Waals surface area contributed by atoms with Crippen molar-refractivity contribution in [2.75, 3.05) is 18.6 Å². The van der Waals surface area contributed by atoms with Gasteiger partial charge in [-0.25, -0.2) is 0 Å². The minimum atomic E-state index is -0.855. The first-order chi connectivity index (χ1) is 18.4. The number of carbonyl (C=O) groups is 2. The Labute approximate surface area is 221 Å². The molecule has 0 radical (unpaired) electrons. The van der Waals surface area contributed by atoms with Crippen molar-refractivity contribution in [3.05, 3.63) is 108 Å². The summed E-state index contributed by atoms with van der Waals surface area (Å²) >= 11 is 0. The first kappa shape index (κ1) is 25.1. The standard InChI is InChI=1S/C32H29NO5/c1-20(2)19-38-24-16-14-23(15-17-24)33-29(22-10-6-11-25(18-22)37-3)28(31(35)32(33)36)30(34)27-13-7-9-21-8-4-5-12-26(21)27/h4-18,20,29,34H,19H2,1-3H3/b30-28-. The van der Waals surface area contributed by atoms with E-state index in [-0.39, 0.29) is 11.3 Å². The zero-order valence-electron chi connectivity index (χ0n) is 21.5. The summed E-state index contributed by atoms with van der Waals surface area (Å²) in [6.07, 6.45) is 0. The van der Waals surface area contributed by atoms with Crippen LogP contribution in [0, 0.1) is 5.92 Å². The molecule has 0 aliphatic carbocycles. The van der Waals surface area contributed by atoms with Crippen molar-refractivity contribution in [3.8, 4) is 11.5 Å². The molecule has 1 heterocycles. The molecule has 1 N–H and O–H groups in total. The molecule has 5 rings (SSSR count). The normalized spacial score (nSPS) is 16.8. The number of aliphatic hydroxyl groups excluding tert-OH is 1. The number of fused-ring (bicyclic) bond motifs is 1. The number of benzene rings is 4. The van der Waals surface area contributed by atoms with Crippen LogP contribution in [-0.2, 0) is 9.59 Å². The lowest BCUT2D eigenvalue weighted by Gasteiger charge is -2.26. The van der Waals surface area contributed by atoms with E-state index < -0.39 is 17.7 Å². The largest absolute Gasteiger partial charge is 0.507 e. The third-order valence-electron chi connectivity index (χ3n) is 6.60. The predicted octanol–water partition coefficient (Wildman–Crippen LogP) is 6.51. The maximum atomic E-state index is 13.6. The Morgan fingerprint density at radius 2 is 1.61 bits per heavy atom. The summed E-state index contributed by atoms with van der Waals surface area (Å²) in [4.78, 5) is 28.5. The number of anilines is 1. The number of hydrogen-bond donors (Lipinski definition) is 1. The van der Waals surface area contributed by atoms with Crippen LogP contribution in [0.5, 0.6) is 11.5 Å². The summed E-state index contributed by atoms with van der Waals surface area (Å²) < 4.78 is 11.2. The minimum Gasteiger partial charge on any atom is -0.507 e. The van der Waals surface area contributed by atoms with E-state index in [1.165, 1.54) is 4.90 Å². The molecule has 6 nitrogen and oxygen atoms in total. The van der Waals surface area contributed by atoms with Crippen molar-refractivity contribution in [2.45, 2.75) is 19.9 Å². The van der Waals surface area contributed by atoms with Gasteiger partial charge in [0.1, 0.15) is 17.3 Å². The van der Waals surface area contributed by atoms with Gasteiger partial charge in [-0.1, -0.05) is 68.4 Å². The molecule has 1 atom stereocenters. The zero-order chi connectivity index (χ0) is 26.8. The van der Waals surface area contributed by atoms with E-state index in [1.807, 2.05) is 42.5 Å². The summed E-state index contributed by atoms with van der Waals surface area (Å²) in [7, 11) is 1.56. The molecule has 4 aromatic rings. The number of Topliss-reactive ketones (excluding diaryl/α,β-unsaturated/α-hetero) is 1. The highest BCUT2D eigenvalue weighted by Gasteiger charge is 2.47. The smallest absolute Gasteiger partial charge is 0.300 e. The zero-order valence-corrected chi connectivity index (χ0v) is 21.5. The Morgan fingerprint density at radius 3 is 2.34 bits per heavy atom.